The monoisotopic (exact) mass is 244 g/mol. The van der Waals surface area contributed by atoms with Crippen molar-refractivity contribution in [2.45, 2.75) is 12.8 Å². The molecule has 0 saturated carbocycles. The van der Waals surface area contributed by atoms with Crippen LogP contribution in [0.4, 0.5) is 10.5 Å². The first-order valence-corrected chi connectivity index (χ1v) is 5.97. The number of anilines is 1. The number of furan rings is 1. The summed E-state index contributed by atoms with van der Waals surface area (Å²) >= 11 is 0. The molecular formula is C14H16N2O2. The number of hydrogen-bond acceptors (Lipinski definition) is 2. The Balaban J connectivity index is 1.63. The lowest BCUT2D eigenvalue weighted by atomic mass is 10.2. The van der Waals surface area contributed by atoms with Crippen molar-refractivity contribution < 1.29 is 9.21 Å². The van der Waals surface area contributed by atoms with Crippen LogP contribution in [0.1, 0.15) is 12.2 Å². The van der Waals surface area contributed by atoms with Crippen LogP contribution in [0.3, 0.4) is 0 Å². The molecule has 94 valence electrons. The molecule has 0 aliphatic carbocycles. The molecule has 2 N–H and O–H groups in total. The maximum atomic E-state index is 11.5. The molecule has 1 heterocycles. The lowest BCUT2D eigenvalue weighted by Crippen LogP contribution is -2.29. The standard InChI is InChI=1S/C14H16N2O2/c17-14(16-12-6-2-1-3-7-12)15-10-4-8-13-9-5-11-18-13/h1-3,5-7,9,11H,4,8,10H2,(H2,15,16,17). The van der Waals surface area contributed by atoms with Gasteiger partial charge in [0.05, 0.1) is 6.26 Å². The highest BCUT2D eigenvalue weighted by atomic mass is 16.3. The molecule has 2 rings (SSSR count). The molecule has 1 aromatic heterocycles. The molecule has 0 atom stereocenters. The summed E-state index contributed by atoms with van der Waals surface area (Å²) in [6.45, 7) is 0.624. The molecule has 18 heavy (non-hydrogen) atoms. The van der Waals surface area contributed by atoms with Crippen molar-refractivity contribution in [3.05, 3.63) is 54.5 Å². The Kier molecular flexibility index (Phi) is 4.41. The van der Waals surface area contributed by atoms with Crippen molar-refractivity contribution >= 4 is 11.7 Å². The van der Waals surface area contributed by atoms with Gasteiger partial charge in [0.25, 0.3) is 0 Å². The van der Waals surface area contributed by atoms with Gasteiger partial charge in [0.15, 0.2) is 0 Å². The van der Waals surface area contributed by atoms with E-state index >= 15 is 0 Å². The van der Waals surface area contributed by atoms with Gasteiger partial charge in [0.1, 0.15) is 5.76 Å². The minimum Gasteiger partial charge on any atom is -0.469 e. The molecule has 0 fully saturated rings. The molecule has 1 aromatic carbocycles. The van der Waals surface area contributed by atoms with Crippen LogP contribution in [0, 0.1) is 0 Å². The SMILES string of the molecule is O=C(NCCCc1ccco1)Nc1ccccc1. The van der Waals surface area contributed by atoms with Crippen molar-refractivity contribution in [2.24, 2.45) is 0 Å². The van der Waals surface area contributed by atoms with Crippen LogP contribution in [0.2, 0.25) is 0 Å². The molecule has 0 radical (unpaired) electrons. The zero-order valence-electron chi connectivity index (χ0n) is 10.1. The number of amides is 2. The molecular weight excluding hydrogens is 228 g/mol. The van der Waals surface area contributed by atoms with Crippen LogP contribution < -0.4 is 10.6 Å². The molecule has 0 saturated heterocycles. The quantitative estimate of drug-likeness (QED) is 0.794. The Morgan fingerprint density at radius 2 is 1.94 bits per heavy atom. The van der Waals surface area contributed by atoms with Crippen LogP contribution in [0.25, 0.3) is 0 Å². The maximum Gasteiger partial charge on any atom is 0.319 e. The number of carbonyl (C=O) groups is 1. The number of para-hydroxylation sites is 1. The van der Waals surface area contributed by atoms with E-state index in [4.69, 9.17) is 4.42 Å². The molecule has 0 aliphatic rings. The molecule has 0 bridgehead atoms. The van der Waals surface area contributed by atoms with Gasteiger partial charge in [-0.1, -0.05) is 18.2 Å². The van der Waals surface area contributed by atoms with Gasteiger partial charge in [-0.3, -0.25) is 0 Å². The first-order chi connectivity index (χ1) is 8.84. The summed E-state index contributed by atoms with van der Waals surface area (Å²) in [5, 5.41) is 5.56. The smallest absolute Gasteiger partial charge is 0.319 e. The molecule has 0 unspecified atom stereocenters. The lowest BCUT2D eigenvalue weighted by molar-refractivity contribution is 0.252. The molecule has 2 aromatic rings. The van der Waals surface area contributed by atoms with Crippen LogP contribution in [-0.2, 0) is 6.42 Å². The average Bonchev–Trinajstić information content (AvgIpc) is 2.89. The minimum absolute atomic E-state index is 0.180. The fraction of sp³-hybridized carbons (Fsp3) is 0.214. The largest absolute Gasteiger partial charge is 0.469 e. The van der Waals surface area contributed by atoms with E-state index < -0.39 is 0 Å². The van der Waals surface area contributed by atoms with Crippen LogP contribution in [0.15, 0.2) is 53.1 Å². The zero-order valence-corrected chi connectivity index (χ0v) is 10.1. The van der Waals surface area contributed by atoms with Gasteiger partial charge in [0.2, 0.25) is 0 Å². The highest BCUT2D eigenvalue weighted by Crippen LogP contribution is 2.05. The second kappa shape index (κ2) is 6.49. The maximum absolute atomic E-state index is 11.5. The first kappa shape index (κ1) is 12.2. The number of aryl methyl sites for hydroxylation is 1. The summed E-state index contributed by atoms with van der Waals surface area (Å²) in [5.74, 6) is 0.945. The Morgan fingerprint density at radius 1 is 1.11 bits per heavy atom. The summed E-state index contributed by atoms with van der Waals surface area (Å²) in [6.07, 6.45) is 3.35. The van der Waals surface area contributed by atoms with Gasteiger partial charge in [-0.15, -0.1) is 0 Å². The third kappa shape index (κ3) is 3.97. The van der Waals surface area contributed by atoms with Crippen molar-refractivity contribution in [3.8, 4) is 0 Å². The number of carbonyl (C=O) groups excluding carboxylic acids is 1. The summed E-state index contributed by atoms with van der Waals surface area (Å²) in [5.41, 5.74) is 0.793. The summed E-state index contributed by atoms with van der Waals surface area (Å²) < 4.78 is 5.21. The Bertz CT molecular complexity index is 466. The molecule has 2 amide bonds. The third-order valence-corrected chi connectivity index (χ3v) is 2.50. The van der Waals surface area contributed by atoms with Crippen LogP contribution >= 0.6 is 0 Å². The van der Waals surface area contributed by atoms with E-state index in [2.05, 4.69) is 10.6 Å². The van der Waals surface area contributed by atoms with Crippen LogP contribution in [-0.4, -0.2) is 12.6 Å². The van der Waals surface area contributed by atoms with E-state index in [0.29, 0.717) is 6.54 Å². The third-order valence-electron chi connectivity index (χ3n) is 2.50. The molecule has 4 heteroatoms. The normalized spacial score (nSPS) is 10.0. The molecule has 0 spiro atoms. The van der Waals surface area contributed by atoms with Gasteiger partial charge in [-0.05, 0) is 30.7 Å². The second-order valence-corrected chi connectivity index (χ2v) is 3.93. The summed E-state index contributed by atoms with van der Waals surface area (Å²) in [4.78, 5) is 11.5. The van der Waals surface area contributed by atoms with E-state index in [1.165, 1.54) is 0 Å². The van der Waals surface area contributed by atoms with Crippen molar-refractivity contribution in [1.82, 2.24) is 5.32 Å². The van der Waals surface area contributed by atoms with E-state index in [0.717, 1.165) is 24.3 Å². The zero-order chi connectivity index (χ0) is 12.6. The van der Waals surface area contributed by atoms with Gasteiger partial charge in [0, 0.05) is 18.7 Å². The van der Waals surface area contributed by atoms with Gasteiger partial charge < -0.3 is 15.1 Å². The number of benzene rings is 1. The van der Waals surface area contributed by atoms with E-state index in [1.807, 2.05) is 42.5 Å². The van der Waals surface area contributed by atoms with Crippen molar-refractivity contribution in [1.29, 1.82) is 0 Å². The van der Waals surface area contributed by atoms with Crippen molar-refractivity contribution in [3.63, 3.8) is 0 Å². The highest BCUT2D eigenvalue weighted by Gasteiger charge is 2.00. The number of nitrogens with one attached hydrogen (secondary N) is 2. The average molecular weight is 244 g/mol. The predicted octanol–water partition coefficient (Wildman–Crippen LogP) is 3.03. The number of hydrogen-bond donors (Lipinski definition) is 2. The van der Waals surface area contributed by atoms with Crippen molar-refractivity contribution in [2.75, 3.05) is 11.9 Å². The van der Waals surface area contributed by atoms with Crippen LogP contribution in [0.5, 0.6) is 0 Å². The van der Waals surface area contributed by atoms with Gasteiger partial charge in [-0.25, -0.2) is 4.79 Å². The molecule has 0 aliphatic heterocycles. The minimum atomic E-state index is -0.180. The number of urea groups is 1. The van der Waals surface area contributed by atoms with E-state index in [-0.39, 0.29) is 6.03 Å². The highest BCUT2D eigenvalue weighted by molar-refractivity contribution is 5.89. The Labute approximate surface area is 106 Å². The van der Waals surface area contributed by atoms with E-state index in [1.54, 1.807) is 6.26 Å². The fourth-order valence-corrected chi connectivity index (χ4v) is 1.62. The molecule has 4 nitrogen and oxygen atoms in total. The Morgan fingerprint density at radius 3 is 2.67 bits per heavy atom. The Hall–Kier alpha value is -2.23. The predicted molar refractivity (Wildman–Crippen MR) is 70.5 cm³/mol. The fourth-order valence-electron chi connectivity index (χ4n) is 1.62. The summed E-state index contributed by atoms with van der Waals surface area (Å²) in [6, 6.07) is 13.0. The summed E-state index contributed by atoms with van der Waals surface area (Å²) in [7, 11) is 0. The van der Waals surface area contributed by atoms with Gasteiger partial charge in [-0.2, -0.15) is 0 Å². The topological polar surface area (TPSA) is 54.3 Å². The first-order valence-electron chi connectivity index (χ1n) is 5.97. The van der Waals surface area contributed by atoms with E-state index in [9.17, 15) is 4.79 Å². The van der Waals surface area contributed by atoms with Gasteiger partial charge >= 0.3 is 6.03 Å². The number of rotatable bonds is 5. The second-order valence-electron chi connectivity index (χ2n) is 3.93. The lowest BCUT2D eigenvalue weighted by Gasteiger charge is -2.06.